The van der Waals surface area contributed by atoms with E-state index in [1.807, 2.05) is 13.8 Å². The standard InChI is InChI=1S/C11H17FN2O3S/c1-8(2)17-7-6-14-18(15,16)11-9(12)4-3-5-10(11)13/h3-5,8,14H,6-7,13H2,1-2H3. The van der Waals surface area contributed by atoms with Crippen LogP contribution in [0.1, 0.15) is 13.8 Å². The molecule has 0 bridgehead atoms. The van der Waals surface area contributed by atoms with Crippen molar-refractivity contribution in [3.63, 3.8) is 0 Å². The van der Waals surface area contributed by atoms with Crippen molar-refractivity contribution < 1.29 is 17.5 Å². The molecule has 0 aliphatic rings. The van der Waals surface area contributed by atoms with Gasteiger partial charge in [0, 0.05) is 6.54 Å². The number of nitrogens with one attached hydrogen (secondary N) is 1. The lowest BCUT2D eigenvalue weighted by Crippen LogP contribution is -2.29. The molecule has 0 spiro atoms. The first-order valence-corrected chi connectivity index (χ1v) is 6.98. The molecule has 0 saturated carbocycles. The van der Waals surface area contributed by atoms with Gasteiger partial charge in [0.1, 0.15) is 10.7 Å². The van der Waals surface area contributed by atoms with Crippen LogP contribution in [-0.4, -0.2) is 27.7 Å². The van der Waals surface area contributed by atoms with E-state index in [0.29, 0.717) is 0 Å². The van der Waals surface area contributed by atoms with Crippen LogP contribution >= 0.6 is 0 Å². The Morgan fingerprint density at radius 3 is 2.67 bits per heavy atom. The molecule has 1 aromatic rings. The molecule has 0 radical (unpaired) electrons. The van der Waals surface area contributed by atoms with Crippen LogP contribution in [0.25, 0.3) is 0 Å². The molecule has 0 saturated heterocycles. The fourth-order valence-corrected chi connectivity index (χ4v) is 2.55. The van der Waals surface area contributed by atoms with Gasteiger partial charge in [0.05, 0.1) is 18.4 Å². The van der Waals surface area contributed by atoms with Crippen molar-refractivity contribution in [1.29, 1.82) is 0 Å². The number of halogens is 1. The lowest BCUT2D eigenvalue weighted by molar-refractivity contribution is 0.0834. The molecule has 102 valence electrons. The molecule has 3 N–H and O–H groups in total. The summed E-state index contributed by atoms with van der Waals surface area (Å²) in [6, 6.07) is 3.74. The normalized spacial score (nSPS) is 12.0. The number of nitrogen functional groups attached to an aromatic ring is 1. The molecule has 0 aliphatic heterocycles. The van der Waals surface area contributed by atoms with Crippen LogP contribution in [0.5, 0.6) is 0 Å². The van der Waals surface area contributed by atoms with Crippen molar-refractivity contribution in [1.82, 2.24) is 4.72 Å². The molecule has 0 aromatic heterocycles. The van der Waals surface area contributed by atoms with E-state index in [1.165, 1.54) is 12.1 Å². The van der Waals surface area contributed by atoms with Crippen LogP contribution < -0.4 is 10.5 Å². The van der Waals surface area contributed by atoms with Gasteiger partial charge >= 0.3 is 0 Å². The summed E-state index contributed by atoms with van der Waals surface area (Å²) in [5, 5.41) is 0. The molecule has 0 fully saturated rings. The van der Waals surface area contributed by atoms with Gasteiger partial charge in [0.2, 0.25) is 10.0 Å². The third-order valence-electron chi connectivity index (χ3n) is 2.11. The van der Waals surface area contributed by atoms with Gasteiger partial charge in [-0.15, -0.1) is 0 Å². The fraction of sp³-hybridized carbons (Fsp3) is 0.455. The predicted octanol–water partition coefficient (Wildman–Crippen LogP) is 1.11. The molecule has 5 nitrogen and oxygen atoms in total. The Labute approximate surface area is 106 Å². The molecular formula is C11H17FN2O3S. The maximum absolute atomic E-state index is 13.5. The third kappa shape index (κ3) is 3.94. The summed E-state index contributed by atoms with van der Waals surface area (Å²) < 4.78 is 44.5. The minimum atomic E-state index is -3.95. The van der Waals surface area contributed by atoms with E-state index in [0.717, 1.165) is 6.07 Å². The monoisotopic (exact) mass is 276 g/mol. The Morgan fingerprint density at radius 1 is 1.44 bits per heavy atom. The van der Waals surface area contributed by atoms with Crippen LogP contribution in [0.15, 0.2) is 23.1 Å². The molecule has 7 heteroatoms. The lowest BCUT2D eigenvalue weighted by atomic mass is 10.3. The van der Waals surface area contributed by atoms with Crippen LogP contribution in [0.2, 0.25) is 0 Å². The smallest absolute Gasteiger partial charge is 0.245 e. The van der Waals surface area contributed by atoms with Gasteiger partial charge < -0.3 is 10.5 Å². The molecule has 1 aromatic carbocycles. The molecule has 0 atom stereocenters. The topological polar surface area (TPSA) is 81.4 Å². The largest absolute Gasteiger partial charge is 0.398 e. The summed E-state index contributed by atoms with van der Waals surface area (Å²) in [6.07, 6.45) is 0.00744. The fourth-order valence-electron chi connectivity index (χ4n) is 1.35. The van der Waals surface area contributed by atoms with E-state index in [9.17, 15) is 12.8 Å². The lowest BCUT2D eigenvalue weighted by Gasteiger charge is -2.11. The van der Waals surface area contributed by atoms with E-state index < -0.39 is 20.7 Å². The molecule has 0 unspecified atom stereocenters. The van der Waals surface area contributed by atoms with E-state index in [-0.39, 0.29) is 24.9 Å². The molecular weight excluding hydrogens is 259 g/mol. The summed E-state index contributed by atoms with van der Waals surface area (Å²) in [5.74, 6) is -0.868. The zero-order valence-corrected chi connectivity index (χ0v) is 11.1. The first-order valence-electron chi connectivity index (χ1n) is 5.50. The number of rotatable bonds is 6. The minimum absolute atomic E-state index is 0.00744. The van der Waals surface area contributed by atoms with E-state index in [2.05, 4.69) is 4.72 Å². The number of ether oxygens (including phenoxy) is 1. The van der Waals surface area contributed by atoms with Crippen LogP contribution in [0, 0.1) is 5.82 Å². The Bertz CT molecular complexity index is 483. The summed E-state index contributed by atoms with van der Waals surface area (Å²) in [6.45, 7) is 3.95. The van der Waals surface area contributed by atoms with Gasteiger partial charge in [-0.05, 0) is 26.0 Å². The van der Waals surface area contributed by atoms with E-state index in [1.54, 1.807) is 0 Å². The average Bonchev–Trinajstić information content (AvgIpc) is 2.23. The number of anilines is 1. The Kier molecular flexibility index (Phi) is 5.06. The highest BCUT2D eigenvalue weighted by molar-refractivity contribution is 7.89. The van der Waals surface area contributed by atoms with E-state index in [4.69, 9.17) is 10.5 Å². The predicted molar refractivity (Wildman–Crippen MR) is 67.1 cm³/mol. The van der Waals surface area contributed by atoms with Crippen molar-refractivity contribution in [2.75, 3.05) is 18.9 Å². The van der Waals surface area contributed by atoms with Gasteiger partial charge in [-0.2, -0.15) is 0 Å². The van der Waals surface area contributed by atoms with Gasteiger partial charge in [0.25, 0.3) is 0 Å². The van der Waals surface area contributed by atoms with E-state index >= 15 is 0 Å². The van der Waals surface area contributed by atoms with Crippen LogP contribution in [-0.2, 0) is 14.8 Å². The quantitative estimate of drug-likeness (QED) is 0.602. The number of hydrogen-bond acceptors (Lipinski definition) is 4. The zero-order valence-electron chi connectivity index (χ0n) is 10.3. The number of benzene rings is 1. The van der Waals surface area contributed by atoms with Crippen molar-refractivity contribution >= 4 is 15.7 Å². The molecule has 0 amide bonds. The summed E-state index contributed by atoms with van der Waals surface area (Å²) in [4.78, 5) is -0.519. The maximum Gasteiger partial charge on any atom is 0.245 e. The van der Waals surface area contributed by atoms with Gasteiger partial charge in [-0.25, -0.2) is 17.5 Å². The van der Waals surface area contributed by atoms with Crippen LogP contribution in [0.4, 0.5) is 10.1 Å². The zero-order chi connectivity index (χ0) is 13.8. The second-order valence-electron chi connectivity index (χ2n) is 3.98. The van der Waals surface area contributed by atoms with Crippen molar-refractivity contribution in [2.45, 2.75) is 24.8 Å². The highest BCUT2D eigenvalue weighted by Crippen LogP contribution is 2.20. The second-order valence-corrected chi connectivity index (χ2v) is 5.68. The highest BCUT2D eigenvalue weighted by Gasteiger charge is 2.21. The van der Waals surface area contributed by atoms with Gasteiger partial charge in [-0.3, -0.25) is 0 Å². The van der Waals surface area contributed by atoms with Crippen LogP contribution in [0.3, 0.4) is 0 Å². The molecule has 1 rings (SSSR count). The third-order valence-corrected chi connectivity index (χ3v) is 3.66. The van der Waals surface area contributed by atoms with Gasteiger partial charge in [0.15, 0.2) is 0 Å². The Balaban J connectivity index is 2.75. The van der Waals surface area contributed by atoms with Crippen molar-refractivity contribution in [2.24, 2.45) is 0 Å². The first-order chi connectivity index (χ1) is 8.34. The minimum Gasteiger partial charge on any atom is -0.398 e. The van der Waals surface area contributed by atoms with Crippen molar-refractivity contribution in [3.05, 3.63) is 24.0 Å². The summed E-state index contributed by atoms with van der Waals surface area (Å²) in [5.41, 5.74) is 5.35. The Hall–Kier alpha value is -1.18. The number of sulfonamides is 1. The summed E-state index contributed by atoms with van der Waals surface area (Å²) in [7, 11) is -3.95. The Morgan fingerprint density at radius 2 is 2.11 bits per heavy atom. The average molecular weight is 276 g/mol. The van der Waals surface area contributed by atoms with Gasteiger partial charge in [-0.1, -0.05) is 6.07 Å². The first kappa shape index (κ1) is 14.9. The molecule has 0 aliphatic carbocycles. The molecule has 18 heavy (non-hydrogen) atoms. The molecule has 0 heterocycles. The maximum atomic E-state index is 13.5. The number of hydrogen-bond donors (Lipinski definition) is 2. The summed E-state index contributed by atoms with van der Waals surface area (Å²) >= 11 is 0. The number of nitrogens with two attached hydrogens (primary N) is 1. The highest BCUT2D eigenvalue weighted by atomic mass is 32.2. The second kappa shape index (κ2) is 6.12. The SMILES string of the molecule is CC(C)OCCNS(=O)(=O)c1c(N)cccc1F. The van der Waals surface area contributed by atoms with Crippen molar-refractivity contribution in [3.8, 4) is 0 Å².